The van der Waals surface area contributed by atoms with Gasteiger partial charge in [-0.05, 0) is 26.8 Å². The first kappa shape index (κ1) is 14.0. The van der Waals surface area contributed by atoms with E-state index in [0.717, 1.165) is 22.6 Å². The summed E-state index contributed by atoms with van der Waals surface area (Å²) < 4.78 is 3.35. The number of aryl methyl sites for hydroxylation is 4. The Labute approximate surface area is 117 Å². The number of nitrogens with zero attached hydrogens (tertiary/aromatic N) is 5. The van der Waals surface area contributed by atoms with Crippen molar-refractivity contribution in [1.82, 2.24) is 25.0 Å². The Balaban J connectivity index is 1.92. The van der Waals surface area contributed by atoms with Gasteiger partial charge in [-0.15, -0.1) is 0 Å². The third-order valence-electron chi connectivity index (χ3n) is 2.84. The van der Waals surface area contributed by atoms with Crippen LogP contribution in [-0.4, -0.2) is 31.7 Å². The Morgan fingerprint density at radius 1 is 1.40 bits per heavy atom. The Morgan fingerprint density at radius 3 is 2.70 bits per heavy atom. The maximum atomic E-state index is 11.7. The molecule has 20 heavy (non-hydrogen) atoms. The van der Waals surface area contributed by atoms with Crippen LogP contribution in [0.25, 0.3) is 0 Å². The maximum Gasteiger partial charge on any atom is 0.261 e. The van der Waals surface area contributed by atoms with Crippen molar-refractivity contribution in [2.24, 2.45) is 12.1 Å². The van der Waals surface area contributed by atoms with Crippen LogP contribution < -0.4 is 5.43 Å². The van der Waals surface area contributed by atoms with Gasteiger partial charge in [-0.3, -0.25) is 14.2 Å². The molecule has 1 N–H and O–H groups in total. The molecule has 0 fully saturated rings. The highest BCUT2D eigenvalue weighted by Gasteiger charge is 2.06. The average Bonchev–Trinajstić information content (AvgIpc) is 2.82. The number of hydrogen-bond donors (Lipinski definition) is 1. The smallest absolute Gasteiger partial charge is 0.261 e. The first-order valence-electron chi connectivity index (χ1n) is 6.29. The second-order valence-electron chi connectivity index (χ2n) is 4.72. The molecular formula is C13H18N6O. The molecule has 0 radical (unpaired) electrons. The summed E-state index contributed by atoms with van der Waals surface area (Å²) in [5.41, 5.74) is 6.07. The van der Waals surface area contributed by atoms with Crippen molar-refractivity contribution in [3.63, 3.8) is 0 Å². The van der Waals surface area contributed by atoms with E-state index in [1.807, 2.05) is 40.1 Å². The minimum Gasteiger partial charge on any atom is -0.275 e. The van der Waals surface area contributed by atoms with Crippen LogP contribution in [0.3, 0.4) is 0 Å². The van der Waals surface area contributed by atoms with E-state index in [2.05, 4.69) is 20.7 Å². The number of carbonyl (C=O) groups excluding carboxylic acids is 1. The van der Waals surface area contributed by atoms with Crippen molar-refractivity contribution in [3.8, 4) is 0 Å². The van der Waals surface area contributed by atoms with E-state index in [4.69, 9.17) is 0 Å². The predicted molar refractivity (Wildman–Crippen MR) is 75.4 cm³/mol. The SMILES string of the molecule is Cc1cc(C)n(CC(=O)N/N=C\c2cn(C)nc2C)n1. The molecule has 1 amide bonds. The fraction of sp³-hybridized carbons (Fsp3) is 0.385. The van der Waals surface area contributed by atoms with Crippen molar-refractivity contribution in [2.75, 3.05) is 0 Å². The van der Waals surface area contributed by atoms with Crippen LogP contribution in [-0.2, 0) is 18.4 Å². The molecule has 2 heterocycles. The number of hydrogen-bond acceptors (Lipinski definition) is 4. The summed E-state index contributed by atoms with van der Waals surface area (Å²) in [5, 5.41) is 12.3. The van der Waals surface area contributed by atoms with E-state index in [1.165, 1.54) is 0 Å². The molecule has 2 aromatic rings. The van der Waals surface area contributed by atoms with Crippen LogP contribution >= 0.6 is 0 Å². The molecule has 2 aromatic heterocycles. The van der Waals surface area contributed by atoms with Crippen LogP contribution in [0.2, 0.25) is 0 Å². The second-order valence-corrected chi connectivity index (χ2v) is 4.72. The molecular weight excluding hydrogens is 256 g/mol. The summed E-state index contributed by atoms with van der Waals surface area (Å²) in [5.74, 6) is -0.214. The topological polar surface area (TPSA) is 77.1 Å². The summed E-state index contributed by atoms with van der Waals surface area (Å²) in [6.07, 6.45) is 3.42. The zero-order chi connectivity index (χ0) is 14.7. The van der Waals surface area contributed by atoms with Crippen molar-refractivity contribution in [3.05, 3.63) is 34.9 Å². The van der Waals surface area contributed by atoms with E-state index < -0.39 is 0 Å². The van der Waals surface area contributed by atoms with Crippen molar-refractivity contribution in [2.45, 2.75) is 27.3 Å². The van der Waals surface area contributed by atoms with Crippen LogP contribution in [0.5, 0.6) is 0 Å². The molecule has 0 atom stereocenters. The van der Waals surface area contributed by atoms with Gasteiger partial charge in [0.1, 0.15) is 6.54 Å². The quantitative estimate of drug-likeness (QED) is 0.658. The van der Waals surface area contributed by atoms with Crippen molar-refractivity contribution < 1.29 is 4.79 Å². The van der Waals surface area contributed by atoms with Gasteiger partial charge in [0, 0.05) is 24.5 Å². The first-order chi connectivity index (χ1) is 9.45. The van der Waals surface area contributed by atoms with E-state index in [9.17, 15) is 4.79 Å². The minimum absolute atomic E-state index is 0.156. The molecule has 0 aliphatic carbocycles. The van der Waals surface area contributed by atoms with Crippen LogP contribution in [0, 0.1) is 20.8 Å². The summed E-state index contributed by atoms with van der Waals surface area (Å²) in [7, 11) is 1.84. The lowest BCUT2D eigenvalue weighted by Gasteiger charge is -2.02. The van der Waals surface area contributed by atoms with E-state index >= 15 is 0 Å². The zero-order valence-corrected chi connectivity index (χ0v) is 12.1. The Hall–Kier alpha value is -2.44. The Kier molecular flexibility index (Phi) is 3.97. The molecule has 0 saturated carbocycles. The zero-order valence-electron chi connectivity index (χ0n) is 12.1. The summed E-state index contributed by atoms with van der Waals surface area (Å²) >= 11 is 0. The summed E-state index contributed by atoms with van der Waals surface area (Å²) in [6.45, 7) is 5.85. The normalized spacial score (nSPS) is 11.2. The number of amides is 1. The number of carbonyl (C=O) groups is 1. The highest BCUT2D eigenvalue weighted by molar-refractivity contribution is 5.83. The molecule has 0 unspecified atom stereocenters. The average molecular weight is 274 g/mol. The Bertz CT molecular complexity index is 652. The molecule has 0 spiro atoms. The highest BCUT2D eigenvalue weighted by Crippen LogP contribution is 2.01. The molecule has 106 valence electrons. The number of rotatable bonds is 4. The van der Waals surface area contributed by atoms with Crippen LogP contribution in [0.15, 0.2) is 17.4 Å². The van der Waals surface area contributed by atoms with Gasteiger partial charge >= 0.3 is 0 Å². The molecule has 0 aliphatic heterocycles. The lowest BCUT2D eigenvalue weighted by molar-refractivity contribution is -0.121. The number of aromatic nitrogens is 4. The summed E-state index contributed by atoms with van der Waals surface area (Å²) in [6, 6.07) is 1.93. The largest absolute Gasteiger partial charge is 0.275 e. The molecule has 2 rings (SSSR count). The van der Waals surface area contributed by atoms with Crippen molar-refractivity contribution in [1.29, 1.82) is 0 Å². The fourth-order valence-electron chi connectivity index (χ4n) is 1.92. The maximum absolute atomic E-state index is 11.7. The highest BCUT2D eigenvalue weighted by atomic mass is 16.2. The third-order valence-corrected chi connectivity index (χ3v) is 2.84. The third kappa shape index (κ3) is 3.31. The second kappa shape index (κ2) is 5.68. The predicted octanol–water partition coefficient (Wildman–Crippen LogP) is 0.692. The van der Waals surface area contributed by atoms with Gasteiger partial charge in [-0.2, -0.15) is 15.3 Å². The van der Waals surface area contributed by atoms with E-state index in [0.29, 0.717) is 0 Å². The molecule has 0 aliphatic rings. The van der Waals surface area contributed by atoms with Crippen LogP contribution in [0.1, 0.15) is 22.6 Å². The van der Waals surface area contributed by atoms with E-state index in [1.54, 1.807) is 15.6 Å². The van der Waals surface area contributed by atoms with Crippen molar-refractivity contribution >= 4 is 12.1 Å². The van der Waals surface area contributed by atoms with Gasteiger partial charge < -0.3 is 0 Å². The lowest BCUT2D eigenvalue weighted by atomic mass is 10.3. The van der Waals surface area contributed by atoms with Gasteiger partial charge in [0.15, 0.2) is 0 Å². The number of hydrazone groups is 1. The first-order valence-corrected chi connectivity index (χ1v) is 6.29. The van der Waals surface area contributed by atoms with Gasteiger partial charge in [-0.1, -0.05) is 0 Å². The van der Waals surface area contributed by atoms with Gasteiger partial charge in [0.25, 0.3) is 5.91 Å². The molecule has 7 heteroatoms. The standard InChI is InChI=1S/C13H18N6O/c1-9-5-10(2)19(16-9)8-13(20)15-14-6-12-7-18(4)17-11(12)3/h5-7H,8H2,1-4H3,(H,15,20)/b14-6-. The van der Waals surface area contributed by atoms with E-state index in [-0.39, 0.29) is 12.5 Å². The van der Waals surface area contributed by atoms with Gasteiger partial charge in [0.05, 0.1) is 17.6 Å². The molecule has 0 aromatic carbocycles. The minimum atomic E-state index is -0.214. The molecule has 0 bridgehead atoms. The monoisotopic (exact) mass is 274 g/mol. The fourth-order valence-corrected chi connectivity index (χ4v) is 1.92. The Morgan fingerprint density at radius 2 is 2.15 bits per heavy atom. The van der Waals surface area contributed by atoms with Gasteiger partial charge in [0.2, 0.25) is 0 Å². The lowest BCUT2D eigenvalue weighted by Crippen LogP contribution is -2.24. The molecule has 7 nitrogen and oxygen atoms in total. The summed E-state index contributed by atoms with van der Waals surface area (Å²) in [4.78, 5) is 11.7. The van der Waals surface area contributed by atoms with Crippen LogP contribution in [0.4, 0.5) is 0 Å². The van der Waals surface area contributed by atoms with Gasteiger partial charge in [-0.25, -0.2) is 5.43 Å². The number of nitrogens with one attached hydrogen (secondary N) is 1. The molecule has 0 saturated heterocycles.